The van der Waals surface area contributed by atoms with Gasteiger partial charge in [-0.2, -0.15) is 0 Å². The summed E-state index contributed by atoms with van der Waals surface area (Å²) in [4.78, 5) is 0. The van der Waals surface area contributed by atoms with Crippen molar-refractivity contribution < 1.29 is 8.95 Å². The molecular weight excluding hydrogens is 174 g/mol. The molecule has 0 bridgehead atoms. The van der Waals surface area contributed by atoms with Crippen molar-refractivity contribution >= 4 is 10.8 Å². The van der Waals surface area contributed by atoms with E-state index in [1.54, 1.807) is 7.11 Å². The molecule has 0 amide bonds. The molecule has 0 aliphatic carbocycles. The average molecular weight is 193 g/mol. The Labute approximate surface area is 77.3 Å². The van der Waals surface area contributed by atoms with Gasteiger partial charge in [-0.1, -0.05) is 6.92 Å². The van der Waals surface area contributed by atoms with Crippen molar-refractivity contribution in [1.29, 1.82) is 0 Å². The number of hydrogen-bond acceptors (Lipinski definition) is 3. The normalized spacial score (nSPS) is 15.9. The Morgan fingerprint density at radius 2 is 2.25 bits per heavy atom. The third-order valence-electron chi connectivity index (χ3n) is 1.50. The summed E-state index contributed by atoms with van der Waals surface area (Å²) in [6, 6.07) is 0.340. The zero-order valence-electron chi connectivity index (χ0n) is 8.13. The highest BCUT2D eigenvalue weighted by Crippen LogP contribution is 1.89. The van der Waals surface area contributed by atoms with E-state index in [9.17, 15) is 4.21 Å². The van der Waals surface area contributed by atoms with Gasteiger partial charge in [-0.25, -0.2) is 0 Å². The van der Waals surface area contributed by atoms with Crippen LogP contribution in [-0.4, -0.2) is 42.0 Å². The Balaban J connectivity index is 3.40. The van der Waals surface area contributed by atoms with Crippen molar-refractivity contribution in [1.82, 2.24) is 5.32 Å². The zero-order chi connectivity index (χ0) is 9.40. The van der Waals surface area contributed by atoms with Crippen molar-refractivity contribution in [3.8, 4) is 0 Å². The molecule has 74 valence electrons. The first-order valence-corrected chi connectivity index (χ1v) is 5.76. The van der Waals surface area contributed by atoms with Gasteiger partial charge in [0, 0.05) is 35.5 Å². The van der Waals surface area contributed by atoms with Gasteiger partial charge < -0.3 is 10.1 Å². The van der Waals surface area contributed by atoms with Crippen LogP contribution < -0.4 is 5.32 Å². The van der Waals surface area contributed by atoms with E-state index in [1.807, 2.05) is 6.92 Å². The van der Waals surface area contributed by atoms with Crippen molar-refractivity contribution in [2.24, 2.45) is 0 Å². The van der Waals surface area contributed by atoms with Crippen LogP contribution in [-0.2, 0) is 15.5 Å². The monoisotopic (exact) mass is 193 g/mol. The second-order valence-corrected chi connectivity index (χ2v) is 4.38. The molecule has 0 aromatic carbocycles. The second-order valence-electron chi connectivity index (χ2n) is 2.76. The second kappa shape index (κ2) is 7.71. The summed E-state index contributed by atoms with van der Waals surface area (Å²) in [5, 5.41) is 3.22. The van der Waals surface area contributed by atoms with E-state index in [0.29, 0.717) is 18.4 Å². The standard InChI is InChI=1S/C8H19NO2S/c1-4-9-8(2)7-12(10)6-5-11-3/h8-9H,4-7H2,1-3H3. The van der Waals surface area contributed by atoms with E-state index in [-0.39, 0.29) is 0 Å². The van der Waals surface area contributed by atoms with Gasteiger partial charge in [-0.15, -0.1) is 0 Å². The number of methoxy groups -OCH3 is 1. The van der Waals surface area contributed by atoms with Crippen molar-refractivity contribution in [3.63, 3.8) is 0 Å². The summed E-state index contributed by atoms with van der Waals surface area (Å²) in [7, 11) is 0.891. The molecule has 0 heterocycles. The molecule has 4 heteroatoms. The van der Waals surface area contributed by atoms with Gasteiger partial charge in [0.25, 0.3) is 0 Å². The van der Waals surface area contributed by atoms with Crippen LogP contribution in [0.1, 0.15) is 13.8 Å². The fourth-order valence-corrected chi connectivity index (χ4v) is 2.14. The summed E-state index contributed by atoms with van der Waals surface area (Å²) >= 11 is 0. The molecule has 2 unspecified atom stereocenters. The maximum atomic E-state index is 11.3. The van der Waals surface area contributed by atoms with Crippen molar-refractivity contribution in [2.75, 3.05) is 31.8 Å². The first-order chi connectivity index (χ1) is 5.70. The molecule has 0 saturated heterocycles. The van der Waals surface area contributed by atoms with Crippen LogP contribution in [0.3, 0.4) is 0 Å². The number of hydrogen-bond donors (Lipinski definition) is 1. The molecular formula is C8H19NO2S. The lowest BCUT2D eigenvalue weighted by molar-refractivity contribution is 0.218. The van der Waals surface area contributed by atoms with E-state index in [4.69, 9.17) is 4.74 Å². The van der Waals surface area contributed by atoms with Crippen LogP contribution >= 0.6 is 0 Å². The minimum Gasteiger partial charge on any atom is -0.384 e. The van der Waals surface area contributed by atoms with Gasteiger partial charge in [0.15, 0.2) is 0 Å². The zero-order valence-corrected chi connectivity index (χ0v) is 8.95. The lowest BCUT2D eigenvalue weighted by Crippen LogP contribution is -2.31. The molecule has 0 fully saturated rings. The molecule has 12 heavy (non-hydrogen) atoms. The third-order valence-corrected chi connectivity index (χ3v) is 3.00. The highest BCUT2D eigenvalue weighted by atomic mass is 32.2. The Morgan fingerprint density at radius 1 is 1.58 bits per heavy atom. The molecule has 1 N–H and O–H groups in total. The predicted octanol–water partition coefficient (Wildman–Crippen LogP) is 0.380. The molecule has 0 aromatic heterocycles. The van der Waals surface area contributed by atoms with E-state index in [1.165, 1.54) is 0 Å². The fourth-order valence-electron chi connectivity index (χ4n) is 0.946. The smallest absolute Gasteiger partial charge is 0.0577 e. The number of rotatable bonds is 7. The van der Waals surface area contributed by atoms with E-state index in [2.05, 4.69) is 12.2 Å². The largest absolute Gasteiger partial charge is 0.384 e. The van der Waals surface area contributed by atoms with Gasteiger partial charge in [0.05, 0.1) is 6.61 Å². The summed E-state index contributed by atoms with van der Waals surface area (Å²) in [6.45, 7) is 5.62. The molecule has 3 nitrogen and oxygen atoms in total. The summed E-state index contributed by atoms with van der Waals surface area (Å²) < 4.78 is 16.1. The molecule has 2 atom stereocenters. The van der Waals surface area contributed by atoms with Crippen LogP contribution in [0.4, 0.5) is 0 Å². The average Bonchev–Trinajstić information content (AvgIpc) is 2.01. The van der Waals surface area contributed by atoms with Crippen molar-refractivity contribution in [2.45, 2.75) is 19.9 Å². The van der Waals surface area contributed by atoms with E-state index >= 15 is 0 Å². The molecule has 0 aromatic rings. The maximum absolute atomic E-state index is 11.3. The Kier molecular flexibility index (Phi) is 7.75. The minimum atomic E-state index is -0.739. The van der Waals surface area contributed by atoms with E-state index in [0.717, 1.165) is 12.3 Å². The molecule has 0 saturated carbocycles. The van der Waals surface area contributed by atoms with Gasteiger partial charge in [-0.3, -0.25) is 4.21 Å². The highest BCUT2D eigenvalue weighted by molar-refractivity contribution is 7.85. The molecule has 0 radical (unpaired) electrons. The first kappa shape index (κ1) is 12.1. The van der Waals surface area contributed by atoms with Crippen LogP contribution in [0.5, 0.6) is 0 Å². The molecule has 0 rings (SSSR count). The van der Waals surface area contributed by atoms with Gasteiger partial charge in [0.2, 0.25) is 0 Å². The van der Waals surface area contributed by atoms with Crippen LogP contribution in [0.2, 0.25) is 0 Å². The van der Waals surface area contributed by atoms with Gasteiger partial charge >= 0.3 is 0 Å². The minimum absolute atomic E-state index is 0.340. The van der Waals surface area contributed by atoms with E-state index < -0.39 is 10.8 Å². The van der Waals surface area contributed by atoms with Crippen LogP contribution in [0, 0.1) is 0 Å². The highest BCUT2D eigenvalue weighted by Gasteiger charge is 2.05. The van der Waals surface area contributed by atoms with Crippen LogP contribution in [0.15, 0.2) is 0 Å². The topological polar surface area (TPSA) is 38.3 Å². The molecule has 0 spiro atoms. The molecule has 0 aliphatic rings. The van der Waals surface area contributed by atoms with Crippen molar-refractivity contribution in [3.05, 3.63) is 0 Å². The summed E-state index contributed by atoms with van der Waals surface area (Å²) in [5.74, 6) is 1.36. The lowest BCUT2D eigenvalue weighted by Gasteiger charge is -2.10. The van der Waals surface area contributed by atoms with Gasteiger partial charge in [0.1, 0.15) is 0 Å². The summed E-state index contributed by atoms with van der Waals surface area (Å²) in [5.41, 5.74) is 0. The Bertz CT molecular complexity index is 130. The third kappa shape index (κ3) is 6.76. The summed E-state index contributed by atoms with van der Waals surface area (Å²) in [6.07, 6.45) is 0. The maximum Gasteiger partial charge on any atom is 0.0577 e. The SMILES string of the molecule is CCNC(C)CS(=O)CCOC. The quantitative estimate of drug-likeness (QED) is 0.635. The Hall–Kier alpha value is 0.0700. The Morgan fingerprint density at radius 3 is 2.75 bits per heavy atom. The number of nitrogens with one attached hydrogen (secondary N) is 1. The fraction of sp³-hybridized carbons (Fsp3) is 1.00. The lowest BCUT2D eigenvalue weighted by atomic mass is 10.4. The number of ether oxygens (including phenoxy) is 1. The van der Waals surface area contributed by atoms with Crippen LogP contribution in [0.25, 0.3) is 0 Å². The molecule has 0 aliphatic heterocycles. The van der Waals surface area contributed by atoms with Gasteiger partial charge in [-0.05, 0) is 13.5 Å². The predicted molar refractivity (Wildman–Crippen MR) is 52.9 cm³/mol. The first-order valence-electron chi connectivity index (χ1n) is 4.28.